The zero-order valence-corrected chi connectivity index (χ0v) is 34.2. The van der Waals surface area contributed by atoms with Gasteiger partial charge in [-0.25, -0.2) is 0 Å². The van der Waals surface area contributed by atoms with Gasteiger partial charge in [-0.05, 0) is 37.5 Å². The maximum atomic E-state index is 2.49. The minimum Gasteiger partial charge on any atom is -1.00 e. The Balaban J connectivity index is 0.00000462. The number of rotatable bonds is 6. The second-order valence-corrected chi connectivity index (χ2v) is 16.1. The van der Waals surface area contributed by atoms with Gasteiger partial charge in [0.2, 0.25) is 0 Å². The van der Waals surface area contributed by atoms with Crippen molar-refractivity contribution in [1.29, 1.82) is 0 Å². The monoisotopic (exact) mass is 700 g/mol. The molecule has 0 aromatic heterocycles. The molecule has 0 aliphatic carbocycles. The molecule has 4 aromatic carbocycles. The molecule has 0 saturated heterocycles. The van der Waals surface area contributed by atoms with Crippen molar-refractivity contribution in [2.24, 2.45) is 0 Å². The van der Waals surface area contributed by atoms with Crippen LogP contribution in [-0.4, -0.2) is 9.52 Å². The van der Waals surface area contributed by atoms with Crippen molar-refractivity contribution in [3.05, 3.63) is 99.1 Å². The molecular weight excluding hydrogens is 651 g/mol. The molecule has 236 valence electrons. The third kappa shape index (κ3) is 9.43. The van der Waals surface area contributed by atoms with E-state index in [2.05, 4.69) is 138 Å². The number of hydrogen-bond acceptors (Lipinski definition) is 0. The molecule has 0 nitrogen and oxygen atoms in total. The van der Waals surface area contributed by atoms with Gasteiger partial charge in [-0.3, -0.25) is 0 Å². The topological polar surface area (TPSA) is 0 Å². The van der Waals surface area contributed by atoms with E-state index < -0.39 is 9.52 Å². The summed E-state index contributed by atoms with van der Waals surface area (Å²) in [5, 5.41) is 3.16. The van der Waals surface area contributed by atoms with E-state index in [-0.39, 0.29) is 69.8 Å². The molecule has 44 heavy (non-hydrogen) atoms. The summed E-state index contributed by atoms with van der Waals surface area (Å²) in [6, 6.07) is 22.0. The maximum absolute atomic E-state index is 2.49. The van der Waals surface area contributed by atoms with Crippen LogP contribution < -0.4 is 47.6 Å². The van der Waals surface area contributed by atoms with Gasteiger partial charge in [-0.1, -0.05) is 173 Å². The summed E-state index contributed by atoms with van der Waals surface area (Å²) in [6.45, 7) is 27.9. The third-order valence-electron chi connectivity index (χ3n) is 8.72. The van der Waals surface area contributed by atoms with Crippen LogP contribution >= 0.6 is 0 Å². The van der Waals surface area contributed by atoms with E-state index >= 15 is 0 Å². The summed E-state index contributed by atoms with van der Waals surface area (Å²) in [5.74, 6) is 0. The van der Waals surface area contributed by atoms with Crippen molar-refractivity contribution < 1.29 is 58.9 Å². The van der Waals surface area contributed by atoms with Crippen LogP contribution in [0.5, 0.6) is 0 Å². The molecular formula is C39H51Cl3SiTi. The van der Waals surface area contributed by atoms with Crippen LogP contribution in [-0.2, 0) is 45.4 Å². The normalized spacial score (nSPS) is 11.5. The first-order valence-electron chi connectivity index (χ1n) is 15.3. The average Bonchev–Trinajstić information content (AvgIpc) is 3.11. The van der Waals surface area contributed by atoms with Gasteiger partial charge in [-0.15, -0.1) is 28.4 Å². The standard InChI is InChI=1S/C39H51Si.3ClH.Ti/c1-13-28-18-29(14-2)20-30(19-28)36-35(31-21-32(38(7,8)9)23-33(22-31)39(10,11)12)26(5)27(6)37(36)40-34-16-24(3)15-25(4)17-34;;;;/h15-23H,13-14,40H2,1-12H3;3*1H;/q-1;;;;+4/p-3. The van der Waals surface area contributed by atoms with E-state index in [0.717, 1.165) is 12.8 Å². The van der Waals surface area contributed by atoms with Crippen molar-refractivity contribution in [1.82, 2.24) is 0 Å². The number of aryl methyl sites for hydroxylation is 4. The van der Waals surface area contributed by atoms with Crippen molar-refractivity contribution in [2.45, 2.75) is 107 Å². The Morgan fingerprint density at radius 2 is 1.07 bits per heavy atom. The molecule has 0 radical (unpaired) electrons. The minimum atomic E-state index is -0.695. The van der Waals surface area contributed by atoms with Crippen LogP contribution in [0, 0.1) is 27.7 Å². The molecule has 0 heterocycles. The number of hydrogen-bond donors (Lipinski definition) is 0. The molecule has 0 N–H and O–H groups in total. The van der Waals surface area contributed by atoms with Crippen LogP contribution in [0.1, 0.15) is 99.9 Å². The predicted octanol–water partition coefficient (Wildman–Crippen LogP) is -0.178. The Labute approximate surface area is 304 Å². The van der Waals surface area contributed by atoms with Crippen molar-refractivity contribution in [3.8, 4) is 22.3 Å². The zero-order valence-electron chi connectivity index (χ0n) is 29.0. The molecule has 0 aliphatic rings. The average molecular weight is 702 g/mol. The van der Waals surface area contributed by atoms with E-state index in [0.29, 0.717) is 0 Å². The Morgan fingerprint density at radius 3 is 1.48 bits per heavy atom. The van der Waals surface area contributed by atoms with Crippen LogP contribution in [0.3, 0.4) is 0 Å². The fraction of sp³-hybridized carbons (Fsp3) is 0.410. The van der Waals surface area contributed by atoms with Crippen LogP contribution in [0.2, 0.25) is 0 Å². The van der Waals surface area contributed by atoms with Crippen LogP contribution in [0.25, 0.3) is 22.3 Å². The largest absolute Gasteiger partial charge is 4.00 e. The van der Waals surface area contributed by atoms with Crippen molar-refractivity contribution >= 4 is 19.9 Å². The first kappa shape index (κ1) is 42.8. The molecule has 0 aliphatic heterocycles. The van der Waals surface area contributed by atoms with Crippen molar-refractivity contribution in [2.75, 3.05) is 0 Å². The summed E-state index contributed by atoms with van der Waals surface area (Å²) in [5.41, 5.74) is 17.3. The van der Waals surface area contributed by atoms with E-state index in [1.165, 1.54) is 66.8 Å². The van der Waals surface area contributed by atoms with E-state index in [4.69, 9.17) is 0 Å². The van der Waals surface area contributed by atoms with Gasteiger partial charge in [0.1, 0.15) is 0 Å². The molecule has 0 amide bonds. The van der Waals surface area contributed by atoms with E-state index in [9.17, 15) is 0 Å². The molecule has 0 saturated carbocycles. The first-order chi connectivity index (χ1) is 18.6. The molecule has 4 rings (SSSR count). The van der Waals surface area contributed by atoms with Gasteiger partial charge >= 0.3 is 21.7 Å². The molecule has 4 aromatic rings. The van der Waals surface area contributed by atoms with Crippen LogP contribution in [0.4, 0.5) is 0 Å². The smallest absolute Gasteiger partial charge is 1.00 e. The number of benzene rings is 3. The van der Waals surface area contributed by atoms with Crippen LogP contribution in [0.15, 0.2) is 54.6 Å². The molecule has 0 bridgehead atoms. The Hall–Kier alpha value is -1.19. The van der Waals surface area contributed by atoms with Gasteiger partial charge in [0, 0.05) is 9.52 Å². The van der Waals surface area contributed by atoms with Crippen molar-refractivity contribution in [3.63, 3.8) is 0 Å². The zero-order chi connectivity index (χ0) is 29.6. The van der Waals surface area contributed by atoms with Gasteiger partial charge < -0.3 is 37.2 Å². The Bertz CT molecular complexity index is 1480. The maximum Gasteiger partial charge on any atom is 4.00 e. The second kappa shape index (κ2) is 16.6. The summed E-state index contributed by atoms with van der Waals surface area (Å²) in [7, 11) is -0.695. The quantitative estimate of drug-likeness (QED) is 0.194. The summed E-state index contributed by atoms with van der Waals surface area (Å²) >= 11 is 0. The Morgan fingerprint density at radius 1 is 0.614 bits per heavy atom. The molecule has 0 unspecified atom stereocenters. The van der Waals surface area contributed by atoms with E-state index in [1.807, 2.05) is 0 Å². The fourth-order valence-electron chi connectivity index (χ4n) is 6.17. The van der Waals surface area contributed by atoms with Gasteiger partial charge in [-0.2, -0.15) is 0 Å². The van der Waals surface area contributed by atoms with Gasteiger partial charge in [0.05, 0.1) is 0 Å². The second-order valence-electron chi connectivity index (χ2n) is 14.2. The molecule has 0 spiro atoms. The Kier molecular flexibility index (Phi) is 16.1. The molecule has 0 fully saturated rings. The summed E-state index contributed by atoms with van der Waals surface area (Å²) < 4.78 is 0. The third-order valence-corrected chi connectivity index (χ3v) is 10.8. The van der Waals surface area contributed by atoms with E-state index in [1.54, 1.807) is 10.4 Å². The molecule has 5 heteroatoms. The first-order valence-corrected chi connectivity index (χ1v) is 16.7. The van der Waals surface area contributed by atoms with Gasteiger partial charge in [0.25, 0.3) is 0 Å². The summed E-state index contributed by atoms with van der Waals surface area (Å²) in [4.78, 5) is 0. The fourth-order valence-corrected chi connectivity index (χ4v) is 8.51. The molecule has 0 atom stereocenters. The predicted molar refractivity (Wildman–Crippen MR) is 182 cm³/mol. The summed E-state index contributed by atoms with van der Waals surface area (Å²) in [6.07, 6.45) is 2.12. The van der Waals surface area contributed by atoms with Gasteiger partial charge in [0.15, 0.2) is 0 Å². The SMILES string of the molecule is CCc1cc(CC)cc(-c2c([SiH2]c3cc(C)cc(C)c3)c(C)c(C)[c-]2-c2cc(C(C)(C)C)cc(C(C)(C)C)c2)c1.[Cl-].[Cl-].[Cl-].[Ti+4]. The minimum absolute atomic E-state index is 0. The number of halogens is 3.